The van der Waals surface area contributed by atoms with E-state index >= 15 is 0 Å². The third-order valence-electron chi connectivity index (χ3n) is 4.88. The summed E-state index contributed by atoms with van der Waals surface area (Å²) in [6.07, 6.45) is 0.467. The van der Waals surface area contributed by atoms with Crippen LogP contribution in [0.25, 0.3) is 0 Å². The van der Waals surface area contributed by atoms with Gasteiger partial charge in [-0.2, -0.15) is 0 Å². The Morgan fingerprint density at radius 1 is 1.07 bits per heavy atom. The predicted molar refractivity (Wildman–Crippen MR) is 110 cm³/mol. The normalized spacial score (nSPS) is 17.9. The van der Waals surface area contributed by atoms with Crippen molar-refractivity contribution in [2.45, 2.75) is 19.0 Å². The van der Waals surface area contributed by atoms with Crippen LogP contribution in [0.1, 0.15) is 12.0 Å². The van der Waals surface area contributed by atoms with E-state index in [1.54, 1.807) is 17.0 Å². The molecule has 1 fully saturated rings. The van der Waals surface area contributed by atoms with Gasteiger partial charge in [-0.25, -0.2) is 8.42 Å². The first kappa shape index (κ1) is 20.2. The zero-order valence-corrected chi connectivity index (χ0v) is 17.1. The van der Waals surface area contributed by atoms with Crippen LogP contribution >= 0.6 is 0 Å². The number of anilines is 1. The molecule has 2 aromatic rings. The van der Waals surface area contributed by atoms with Crippen molar-refractivity contribution < 1.29 is 17.9 Å². The first-order valence-corrected chi connectivity index (χ1v) is 11.1. The van der Waals surface area contributed by atoms with Crippen LogP contribution in [0.5, 0.6) is 5.75 Å². The smallest absolute Gasteiger partial charge is 0.261 e. The van der Waals surface area contributed by atoms with E-state index in [0.29, 0.717) is 18.7 Å². The molecule has 28 heavy (non-hydrogen) atoms. The molecule has 0 spiro atoms. The fourth-order valence-electron chi connectivity index (χ4n) is 3.28. The lowest BCUT2D eigenvalue weighted by molar-refractivity contribution is -0.136. The van der Waals surface area contributed by atoms with Crippen molar-refractivity contribution in [1.29, 1.82) is 0 Å². The molecule has 1 saturated heterocycles. The van der Waals surface area contributed by atoms with Gasteiger partial charge in [0.2, 0.25) is 0 Å². The highest BCUT2D eigenvalue weighted by Gasteiger charge is 2.34. The number of hydrogen-bond donors (Lipinski definition) is 0. The summed E-state index contributed by atoms with van der Waals surface area (Å²) < 4.78 is 29.5. The summed E-state index contributed by atoms with van der Waals surface area (Å²) in [5, 5.41) is 0. The molecule has 0 radical (unpaired) electrons. The van der Waals surface area contributed by atoms with Crippen molar-refractivity contribution in [3.63, 3.8) is 0 Å². The Balaban J connectivity index is 1.73. The maximum Gasteiger partial charge on any atom is 0.261 e. The van der Waals surface area contributed by atoms with E-state index in [2.05, 4.69) is 0 Å². The lowest BCUT2D eigenvalue weighted by Gasteiger charge is -2.28. The summed E-state index contributed by atoms with van der Waals surface area (Å²) in [6, 6.07) is 16.7. The van der Waals surface area contributed by atoms with E-state index in [1.165, 1.54) is 0 Å². The van der Waals surface area contributed by atoms with Gasteiger partial charge in [0.1, 0.15) is 5.75 Å². The molecular formula is C21H26N2O4S. The number of carbonyl (C=O) groups excluding carboxylic acids is 1. The Morgan fingerprint density at radius 3 is 2.32 bits per heavy atom. The van der Waals surface area contributed by atoms with Gasteiger partial charge in [0.15, 0.2) is 16.4 Å². The molecular weight excluding hydrogens is 376 g/mol. The topological polar surface area (TPSA) is 66.9 Å². The largest absolute Gasteiger partial charge is 0.484 e. The van der Waals surface area contributed by atoms with Gasteiger partial charge in [0, 0.05) is 32.4 Å². The minimum absolute atomic E-state index is 0.0137. The molecule has 6 nitrogen and oxygen atoms in total. The monoisotopic (exact) mass is 402 g/mol. The number of ether oxygens (including phenoxy) is 1. The second-order valence-electron chi connectivity index (χ2n) is 7.24. The number of nitrogens with zero attached hydrogens (tertiary/aromatic N) is 2. The summed E-state index contributed by atoms with van der Waals surface area (Å²) in [6.45, 7) is 0.251. The number of hydrogen-bond acceptors (Lipinski definition) is 5. The molecule has 1 aliphatic heterocycles. The van der Waals surface area contributed by atoms with E-state index in [9.17, 15) is 13.2 Å². The lowest BCUT2D eigenvalue weighted by Crippen LogP contribution is -2.43. The maximum absolute atomic E-state index is 12.9. The standard InChI is InChI=1S/C21H26N2O4S/c1-22(2)18-10-8-17(9-11-18)14-23(19-12-13-28(25,26)16-19)21(24)15-27-20-6-4-3-5-7-20/h3-11,19H,12-16H2,1-2H3/t19-/m0/s1. The first-order valence-electron chi connectivity index (χ1n) is 9.28. The number of para-hydroxylation sites is 1. The molecule has 1 amide bonds. The highest BCUT2D eigenvalue weighted by atomic mass is 32.2. The minimum Gasteiger partial charge on any atom is -0.484 e. The van der Waals surface area contributed by atoms with Crippen LogP contribution in [-0.4, -0.2) is 57.5 Å². The molecule has 1 aliphatic rings. The molecule has 2 aromatic carbocycles. The first-order chi connectivity index (χ1) is 13.3. The SMILES string of the molecule is CN(C)c1ccc(CN(C(=O)COc2ccccc2)[C@H]2CCS(=O)(=O)C2)cc1. The van der Waals surface area contributed by atoms with Crippen LogP contribution < -0.4 is 9.64 Å². The Hall–Kier alpha value is -2.54. The van der Waals surface area contributed by atoms with Gasteiger partial charge in [0.25, 0.3) is 5.91 Å². The Morgan fingerprint density at radius 2 is 1.75 bits per heavy atom. The van der Waals surface area contributed by atoms with Crippen molar-refractivity contribution in [2.24, 2.45) is 0 Å². The molecule has 150 valence electrons. The minimum atomic E-state index is -3.09. The molecule has 0 N–H and O–H groups in total. The third kappa shape index (κ3) is 5.25. The number of sulfone groups is 1. The summed E-state index contributed by atoms with van der Waals surface area (Å²) in [7, 11) is 0.842. The van der Waals surface area contributed by atoms with Crippen molar-refractivity contribution in [2.75, 3.05) is 37.1 Å². The fraction of sp³-hybridized carbons (Fsp3) is 0.381. The van der Waals surface area contributed by atoms with Crippen LogP contribution in [0.3, 0.4) is 0 Å². The van der Waals surface area contributed by atoms with Crippen molar-refractivity contribution in [1.82, 2.24) is 4.90 Å². The summed E-state index contributed by atoms with van der Waals surface area (Å²) in [4.78, 5) is 16.5. The van der Waals surface area contributed by atoms with Gasteiger partial charge in [0.05, 0.1) is 11.5 Å². The number of benzene rings is 2. The number of rotatable bonds is 7. The van der Waals surface area contributed by atoms with Crippen molar-refractivity contribution in [3.05, 3.63) is 60.2 Å². The van der Waals surface area contributed by atoms with Crippen LogP contribution in [0, 0.1) is 0 Å². The molecule has 3 rings (SSSR count). The maximum atomic E-state index is 12.9. The zero-order chi connectivity index (χ0) is 20.1. The molecule has 0 bridgehead atoms. The van der Waals surface area contributed by atoms with Crippen molar-refractivity contribution >= 4 is 21.4 Å². The van der Waals surface area contributed by atoms with E-state index in [0.717, 1.165) is 11.3 Å². The van der Waals surface area contributed by atoms with Gasteiger partial charge in [-0.15, -0.1) is 0 Å². The second-order valence-corrected chi connectivity index (χ2v) is 9.47. The highest BCUT2D eigenvalue weighted by Crippen LogP contribution is 2.22. The van der Waals surface area contributed by atoms with Gasteiger partial charge in [-0.1, -0.05) is 30.3 Å². The van der Waals surface area contributed by atoms with E-state index in [1.807, 2.05) is 61.5 Å². The highest BCUT2D eigenvalue weighted by molar-refractivity contribution is 7.91. The molecule has 0 aliphatic carbocycles. The summed E-state index contributed by atoms with van der Waals surface area (Å²) in [5.74, 6) is 0.549. The van der Waals surface area contributed by atoms with E-state index < -0.39 is 9.84 Å². The van der Waals surface area contributed by atoms with Gasteiger partial charge in [-0.05, 0) is 36.2 Å². The molecule has 0 saturated carbocycles. The van der Waals surface area contributed by atoms with Crippen LogP contribution in [0.4, 0.5) is 5.69 Å². The molecule has 1 atom stereocenters. The van der Waals surface area contributed by atoms with Gasteiger partial charge < -0.3 is 14.5 Å². The van der Waals surface area contributed by atoms with Crippen LogP contribution in [0.2, 0.25) is 0 Å². The number of amides is 1. The van der Waals surface area contributed by atoms with Crippen molar-refractivity contribution in [3.8, 4) is 5.75 Å². The van der Waals surface area contributed by atoms with Crippen LogP contribution in [-0.2, 0) is 21.2 Å². The van der Waals surface area contributed by atoms with Gasteiger partial charge >= 0.3 is 0 Å². The summed E-state index contributed by atoms with van der Waals surface area (Å²) in [5.41, 5.74) is 2.03. The Kier molecular flexibility index (Phi) is 6.24. The predicted octanol–water partition coefficient (Wildman–Crippen LogP) is 2.35. The average molecular weight is 403 g/mol. The molecule has 1 heterocycles. The van der Waals surface area contributed by atoms with Crippen LogP contribution in [0.15, 0.2) is 54.6 Å². The molecule has 7 heteroatoms. The number of carbonyl (C=O) groups is 1. The quantitative estimate of drug-likeness (QED) is 0.711. The van der Waals surface area contributed by atoms with E-state index in [4.69, 9.17) is 4.74 Å². The second kappa shape index (κ2) is 8.65. The lowest BCUT2D eigenvalue weighted by atomic mass is 10.1. The van der Waals surface area contributed by atoms with Gasteiger partial charge in [-0.3, -0.25) is 4.79 Å². The third-order valence-corrected chi connectivity index (χ3v) is 6.63. The average Bonchev–Trinajstić information content (AvgIpc) is 3.05. The van der Waals surface area contributed by atoms with E-state index in [-0.39, 0.29) is 30.1 Å². The molecule has 0 aromatic heterocycles. The fourth-order valence-corrected chi connectivity index (χ4v) is 5.01. The zero-order valence-electron chi connectivity index (χ0n) is 16.2. The molecule has 0 unspecified atom stereocenters. The Bertz CT molecular complexity index is 896. The Labute approximate surface area is 166 Å². The summed E-state index contributed by atoms with van der Waals surface area (Å²) >= 11 is 0.